The summed E-state index contributed by atoms with van der Waals surface area (Å²) in [5.74, 6) is 1.59. The van der Waals surface area contributed by atoms with Crippen LogP contribution in [0.5, 0.6) is 5.75 Å². The van der Waals surface area contributed by atoms with E-state index in [-0.39, 0.29) is 18.0 Å². The van der Waals surface area contributed by atoms with Crippen molar-refractivity contribution in [2.45, 2.75) is 45.1 Å². The molecule has 1 saturated carbocycles. The SMILES string of the molecule is CC(C)(c1ccc(OCc2ccnc(NS(C)(=O)=O)n2)cc1)c1cnc(N2CC3(CCC3)C2)c(Cl)c1. The summed E-state index contributed by atoms with van der Waals surface area (Å²) >= 11 is 6.68. The van der Waals surface area contributed by atoms with Crippen LogP contribution in [0.2, 0.25) is 5.02 Å². The highest BCUT2D eigenvalue weighted by molar-refractivity contribution is 7.91. The molecule has 1 N–H and O–H groups in total. The number of ether oxygens (including phenoxy) is 1. The average Bonchev–Trinajstić information content (AvgIpc) is 2.76. The Balaban J connectivity index is 1.23. The molecule has 2 fully saturated rings. The molecular weight excluding hydrogens is 498 g/mol. The second-order valence-electron chi connectivity index (χ2n) is 10.4. The van der Waals surface area contributed by atoms with Crippen molar-refractivity contribution in [3.8, 4) is 5.75 Å². The van der Waals surface area contributed by atoms with Gasteiger partial charge in [0.1, 0.15) is 18.2 Å². The largest absolute Gasteiger partial charge is 0.487 e. The maximum absolute atomic E-state index is 11.4. The Hall–Kier alpha value is -2.91. The van der Waals surface area contributed by atoms with Crippen molar-refractivity contribution in [3.63, 3.8) is 0 Å². The van der Waals surface area contributed by atoms with Gasteiger partial charge in [-0.15, -0.1) is 0 Å². The van der Waals surface area contributed by atoms with Gasteiger partial charge in [-0.25, -0.2) is 23.4 Å². The number of benzene rings is 1. The minimum absolute atomic E-state index is 0.0191. The van der Waals surface area contributed by atoms with Gasteiger partial charge in [0.15, 0.2) is 0 Å². The first-order chi connectivity index (χ1) is 17.0. The van der Waals surface area contributed by atoms with Gasteiger partial charge >= 0.3 is 0 Å². The monoisotopic (exact) mass is 527 g/mol. The topological polar surface area (TPSA) is 97.3 Å². The van der Waals surface area contributed by atoms with Gasteiger partial charge in [-0.3, -0.25) is 4.72 Å². The summed E-state index contributed by atoms with van der Waals surface area (Å²) in [4.78, 5) is 15.1. The third-order valence-corrected chi connectivity index (χ3v) is 8.09. The highest BCUT2D eigenvalue weighted by Gasteiger charge is 2.48. The van der Waals surface area contributed by atoms with Gasteiger partial charge in [0, 0.05) is 36.3 Å². The number of sulfonamides is 1. The van der Waals surface area contributed by atoms with E-state index >= 15 is 0 Å². The van der Waals surface area contributed by atoms with E-state index in [4.69, 9.17) is 21.3 Å². The molecule has 10 heteroatoms. The molecule has 3 aromatic rings. The van der Waals surface area contributed by atoms with E-state index in [2.05, 4.69) is 33.4 Å². The van der Waals surface area contributed by atoms with Gasteiger partial charge < -0.3 is 9.64 Å². The van der Waals surface area contributed by atoms with Crippen molar-refractivity contribution in [1.29, 1.82) is 0 Å². The van der Waals surface area contributed by atoms with Crippen molar-refractivity contribution in [2.75, 3.05) is 29.0 Å². The second-order valence-corrected chi connectivity index (χ2v) is 12.6. The molecule has 2 aromatic heterocycles. The zero-order valence-corrected chi connectivity index (χ0v) is 22.2. The first kappa shape index (κ1) is 24.8. The molecule has 0 unspecified atom stereocenters. The standard InChI is InChI=1S/C26H30ClN5O3S/c1-25(2,19-13-22(27)23(29-14-19)32-16-26(17-32)10-4-11-26)18-5-7-21(8-6-18)35-15-20-9-12-28-24(30-20)31-36(3,33)34/h5-9,12-14H,4,10-11,15-17H2,1-3H3,(H,28,30,31). The number of anilines is 2. The van der Waals surface area contributed by atoms with Crippen LogP contribution in [-0.2, 0) is 22.0 Å². The predicted molar refractivity (Wildman–Crippen MR) is 141 cm³/mol. The first-order valence-corrected chi connectivity index (χ1v) is 14.2. The van der Waals surface area contributed by atoms with Gasteiger partial charge in [0.2, 0.25) is 16.0 Å². The Bertz CT molecular complexity index is 1370. The van der Waals surface area contributed by atoms with Crippen molar-refractivity contribution < 1.29 is 13.2 Å². The summed E-state index contributed by atoms with van der Waals surface area (Å²) < 4.78 is 30.9. The zero-order chi connectivity index (χ0) is 25.6. The van der Waals surface area contributed by atoms with Crippen molar-refractivity contribution >= 4 is 33.4 Å². The molecule has 1 saturated heterocycles. The average molecular weight is 528 g/mol. The van der Waals surface area contributed by atoms with E-state index < -0.39 is 10.0 Å². The summed E-state index contributed by atoms with van der Waals surface area (Å²) in [7, 11) is -3.45. The van der Waals surface area contributed by atoms with Gasteiger partial charge in [-0.1, -0.05) is 44.0 Å². The first-order valence-electron chi connectivity index (χ1n) is 12.0. The lowest BCUT2D eigenvalue weighted by Crippen LogP contribution is -2.60. The summed E-state index contributed by atoms with van der Waals surface area (Å²) in [6.45, 7) is 6.62. The maximum Gasteiger partial charge on any atom is 0.236 e. The minimum atomic E-state index is -3.45. The molecule has 36 heavy (non-hydrogen) atoms. The number of hydrogen-bond acceptors (Lipinski definition) is 7. The van der Waals surface area contributed by atoms with Crippen LogP contribution in [0.15, 0.2) is 48.8 Å². The van der Waals surface area contributed by atoms with Crippen molar-refractivity contribution in [3.05, 3.63) is 70.6 Å². The Kier molecular flexibility index (Phi) is 6.32. The van der Waals surface area contributed by atoms with E-state index in [1.165, 1.54) is 25.5 Å². The van der Waals surface area contributed by atoms with Crippen LogP contribution in [0.1, 0.15) is 49.9 Å². The van der Waals surface area contributed by atoms with Crippen LogP contribution >= 0.6 is 11.6 Å². The molecule has 0 bridgehead atoms. The third-order valence-electron chi connectivity index (χ3n) is 7.26. The van der Waals surface area contributed by atoms with Crippen molar-refractivity contribution in [1.82, 2.24) is 15.0 Å². The quantitative estimate of drug-likeness (QED) is 0.449. The number of nitrogens with one attached hydrogen (secondary N) is 1. The summed E-state index contributed by atoms with van der Waals surface area (Å²) in [5.41, 5.74) is 2.95. The number of hydrogen-bond donors (Lipinski definition) is 1. The van der Waals surface area contributed by atoms with E-state index in [0.717, 1.165) is 36.3 Å². The summed E-state index contributed by atoms with van der Waals surface area (Å²) in [6.07, 6.45) is 8.48. The van der Waals surface area contributed by atoms with Crippen LogP contribution in [0, 0.1) is 5.41 Å². The maximum atomic E-state index is 11.4. The van der Waals surface area contributed by atoms with E-state index in [9.17, 15) is 8.42 Å². The molecule has 190 valence electrons. The van der Waals surface area contributed by atoms with Gasteiger partial charge in [-0.2, -0.15) is 0 Å². The molecular formula is C26H30ClN5O3S. The lowest BCUT2D eigenvalue weighted by Gasteiger charge is -2.56. The zero-order valence-electron chi connectivity index (χ0n) is 20.7. The molecule has 3 heterocycles. The number of nitrogens with zero attached hydrogens (tertiary/aromatic N) is 4. The molecule has 1 aromatic carbocycles. The molecule has 0 amide bonds. The summed E-state index contributed by atoms with van der Waals surface area (Å²) in [6, 6.07) is 11.6. The number of rotatable bonds is 8. The lowest BCUT2D eigenvalue weighted by molar-refractivity contribution is 0.0896. The fraction of sp³-hybridized carbons (Fsp3) is 0.423. The highest BCUT2D eigenvalue weighted by atomic mass is 35.5. The van der Waals surface area contributed by atoms with Crippen LogP contribution in [0.4, 0.5) is 11.8 Å². The number of halogens is 1. The molecule has 5 rings (SSSR count). The fourth-order valence-corrected chi connectivity index (χ4v) is 5.61. The third kappa shape index (κ3) is 5.13. The van der Waals surface area contributed by atoms with Gasteiger partial charge in [-0.05, 0) is 48.2 Å². The second kappa shape index (κ2) is 9.19. The van der Waals surface area contributed by atoms with E-state index in [1.807, 2.05) is 36.5 Å². The molecule has 1 aliphatic carbocycles. The van der Waals surface area contributed by atoms with E-state index in [1.54, 1.807) is 6.07 Å². The Morgan fingerprint density at radius 1 is 1.11 bits per heavy atom. The predicted octanol–water partition coefficient (Wildman–Crippen LogP) is 4.79. The molecule has 1 aliphatic heterocycles. The van der Waals surface area contributed by atoms with Gasteiger partial charge in [0.05, 0.1) is 17.0 Å². The van der Waals surface area contributed by atoms with Gasteiger partial charge in [0.25, 0.3) is 0 Å². The molecule has 8 nitrogen and oxygen atoms in total. The van der Waals surface area contributed by atoms with Crippen molar-refractivity contribution in [2.24, 2.45) is 5.41 Å². The molecule has 1 spiro atoms. The minimum Gasteiger partial charge on any atom is -0.487 e. The molecule has 0 atom stereocenters. The Morgan fingerprint density at radius 2 is 1.83 bits per heavy atom. The normalized spacial score (nSPS) is 16.8. The smallest absolute Gasteiger partial charge is 0.236 e. The number of aromatic nitrogens is 3. The van der Waals surface area contributed by atoms with Crippen LogP contribution in [0.25, 0.3) is 0 Å². The van der Waals surface area contributed by atoms with E-state index in [0.29, 0.717) is 21.9 Å². The van der Waals surface area contributed by atoms with Crippen LogP contribution < -0.4 is 14.4 Å². The Labute approximate surface area is 217 Å². The lowest BCUT2D eigenvalue weighted by atomic mass is 9.63. The molecule has 2 aliphatic rings. The summed E-state index contributed by atoms with van der Waals surface area (Å²) in [5, 5.41) is 0.698. The van der Waals surface area contributed by atoms with Crippen LogP contribution in [-0.4, -0.2) is 42.7 Å². The molecule has 0 radical (unpaired) electrons. The number of pyridine rings is 1. The van der Waals surface area contributed by atoms with Crippen LogP contribution in [0.3, 0.4) is 0 Å². The highest BCUT2D eigenvalue weighted by Crippen LogP contribution is 2.50. The fourth-order valence-electron chi connectivity index (χ4n) is 4.89. The Morgan fingerprint density at radius 3 is 2.44 bits per heavy atom.